The number of hydrogen-bond donors (Lipinski definition) is 0. The molecule has 5 aromatic carbocycles. The Kier molecular flexibility index (Phi) is 4.83. The molecule has 0 N–H and O–H groups in total. The molecule has 1 aliphatic rings. The molecule has 2 heterocycles. The average Bonchev–Trinajstić information content (AvgIpc) is 3.48. The first-order chi connectivity index (χ1) is 19.6. The lowest BCUT2D eigenvalue weighted by atomic mass is 9.80. The van der Waals surface area contributed by atoms with Crippen LogP contribution in [-0.2, 0) is 5.41 Å². The minimum atomic E-state index is -0.277. The molecule has 7 aromatic rings. The largest absolute Gasteiger partial charge is 0.456 e. The molecule has 1 aliphatic carbocycles. The Morgan fingerprint density at radius 2 is 1.10 bits per heavy atom. The summed E-state index contributed by atoms with van der Waals surface area (Å²) < 4.78 is 6.28. The van der Waals surface area contributed by atoms with Crippen LogP contribution in [0.3, 0.4) is 0 Å². The fraction of sp³-hybridized carbons (Fsp3) is 0.0833. The predicted octanol–water partition coefficient (Wildman–Crippen LogP) is 9.08. The maximum Gasteiger partial charge on any atom is 0.164 e. The van der Waals surface area contributed by atoms with E-state index >= 15 is 0 Å². The van der Waals surface area contributed by atoms with Crippen molar-refractivity contribution in [1.82, 2.24) is 15.0 Å². The van der Waals surface area contributed by atoms with E-state index in [9.17, 15) is 0 Å². The van der Waals surface area contributed by atoms with Crippen molar-refractivity contribution in [2.24, 2.45) is 0 Å². The van der Waals surface area contributed by atoms with Crippen molar-refractivity contribution in [3.63, 3.8) is 0 Å². The number of nitrogens with zero attached hydrogens (tertiary/aromatic N) is 3. The molecule has 0 fully saturated rings. The molecule has 0 unspecified atom stereocenters. The van der Waals surface area contributed by atoms with Gasteiger partial charge in [-0.25, -0.2) is 15.0 Å². The van der Waals surface area contributed by atoms with E-state index in [1.165, 1.54) is 22.3 Å². The van der Waals surface area contributed by atoms with Crippen LogP contribution in [-0.4, -0.2) is 15.0 Å². The summed E-state index contributed by atoms with van der Waals surface area (Å²) in [5.41, 5.74) is 9.44. The van der Waals surface area contributed by atoms with Gasteiger partial charge < -0.3 is 4.42 Å². The van der Waals surface area contributed by atoms with Gasteiger partial charge in [0, 0.05) is 32.9 Å². The van der Waals surface area contributed by atoms with E-state index in [4.69, 9.17) is 19.4 Å². The molecule has 4 heteroatoms. The van der Waals surface area contributed by atoms with Gasteiger partial charge in [0.05, 0.1) is 0 Å². The Bertz CT molecular complexity index is 2020. The minimum absolute atomic E-state index is 0.277. The second kappa shape index (κ2) is 8.45. The molecule has 190 valence electrons. The molecular weight excluding hydrogens is 490 g/mol. The summed E-state index contributed by atoms with van der Waals surface area (Å²) in [5.74, 6) is 2.01. The van der Waals surface area contributed by atoms with Gasteiger partial charge in [-0.3, -0.25) is 0 Å². The Balaban J connectivity index is 1.38. The average molecular weight is 516 g/mol. The maximum absolute atomic E-state index is 6.28. The standard InChI is InChI=1S/C36H25N3O/c1-36(2)29-21-31-28(24-16-9-10-19-30(24)40-31)20-27(29)25-17-11-18-26(32(25)36)35-38-33(22-12-5-3-6-13-22)37-34(39-35)23-14-7-4-8-15-23/h3-21H,1-2H3. The van der Waals surface area contributed by atoms with Gasteiger partial charge in [-0.1, -0.05) is 111 Å². The molecule has 0 saturated carbocycles. The van der Waals surface area contributed by atoms with Gasteiger partial charge in [-0.15, -0.1) is 0 Å². The molecule has 8 rings (SSSR count). The van der Waals surface area contributed by atoms with E-state index in [2.05, 4.69) is 56.3 Å². The third kappa shape index (κ3) is 3.36. The van der Waals surface area contributed by atoms with E-state index in [0.717, 1.165) is 38.6 Å². The Hall–Kier alpha value is -5.09. The molecule has 0 aliphatic heterocycles. The first-order valence-corrected chi connectivity index (χ1v) is 13.5. The lowest BCUT2D eigenvalue weighted by molar-refractivity contribution is 0.648. The molecule has 0 saturated heterocycles. The monoisotopic (exact) mass is 515 g/mol. The molecule has 0 radical (unpaired) electrons. The van der Waals surface area contributed by atoms with E-state index in [0.29, 0.717) is 17.5 Å². The highest BCUT2D eigenvalue weighted by Crippen LogP contribution is 2.53. The minimum Gasteiger partial charge on any atom is -0.456 e. The van der Waals surface area contributed by atoms with Gasteiger partial charge in [0.25, 0.3) is 0 Å². The molecule has 0 atom stereocenters. The van der Waals surface area contributed by atoms with E-state index in [1.807, 2.05) is 72.8 Å². The van der Waals surface area contributed by atoms with Crippen molar-refractivity contribution >= 4 is 21.9 Å². The highest BCUT2D eigenvalue weighted by Gasteiger charge is 2.39. The zero-order valence-electron chi connectivity index (χ0n) is 22.2. The van der Waals surface area contributed by atoms with Crippen molar-refractivity contribution in [3.8, 4) is 45.3 Å². The fourth-order valence-electron chi connectivity index (χ4n) is 6.21. The highest BCUT2D eigenvalue weighted by molar-refractivity contribution is 6.08. The van der Waals surface area contributed by atoms with Crippen LogP contribution in [0.2, 0.25) is 0 Å². The third-order valence-corrected chi connectivity index (χ3v) is 8.11. The number of hydrogen-bond acceptors (Lipinski definition) is 4. The zero-order chi connectivity index (χ0) is 26.8. The maximum atomic E-state index is 6.28. The van der Waals surface area contributed by atoms with Crippen molar-refractivity contribution in [2.45, 2.75) is 19.3 Å². The van der Waals surface area contributed by atoms with Crippen LogP contribution in [0, 0.1) is 0 Å². The van der Waals surface area contributed by atoms with Crippen LogP contribution in [0.25, 0.3) is 67.2 Å². The van der Waals surface area contributed by atoms with Crippen molar-refractivity contribution in [2.75, 3.05) is 0 Å². The predicted molar refractivity (Wildman–Crippen MR) is 161 cm³/mol. The number of rotatable bonds is 3. The number of benzene rings is 5. The Morgan fingerprint density at radius 3 is 1.80 bits per heavy atom. The summed E-state index contributed by atoms with van der Waals surface area (Å²) >= 11 is 0. The molecule has 4 nitrogen and oxygen atoms in total. The van der Waals surface area contributed by atoms with Crippen LogP contribution in [0.4, 0.5) is 0 Å². The smallest absolute Gasteiger partial charge is 0.164 e. The van der Waals surface area contributed by atoms with E-state index < -0.39 is 0 Å². The number of fused-ring (bicyclic) bond motifs is 6. The first-order valence-electron chi connectivity index (χ1n) is 13.5. The van der Waals surface area contributed by atoms with Crippen LogP contribution in [0.1, 0.15) is 25.0 Å². The molecule has 0 bridgehead atoms. The number of para-hydroxylation sites is 1. The van der Waals surface area contributed by atoms with Crippen molar-refractivity contribution in [3.05, 3.63) is 126 Å². The number of aromatic nitrogens is 3. The van der Waals surface area contributed by atoms with Gasteiger partial charge in [0.2, 0.25) is 0 Å². The molecule has 0 spiro atoms. The van der Waals surface area contributed by atoms with Crippen LogP contribution in [0.15, 0.2) is 120 Å². The summed E-state index contributed by atoms with van der Waals surface area (Å²) in [6, 6.07) is 39.5. The summed E-state index contributed by atoms with van der Waals surface area (Å²) in [6.07, 6.45) is 0. The van der Waals surface area contributed by atoms with Gasteiger partial charge in [0.15, 0.2) is 17.5 Å². The quantitative estimate of drug-likeness (QED) is 0.235. The third-order valence-electron chi connectivity index (χ3n) is 8.11. The highest BCUT2D eigenvalue weighted by atomic mass is 16.3. The molecule has 2 aromatic heterocycles. The summed E-state index contributed by atoms with van der Waals surface area (Å²) in [5, 5.41) is 2.28. The fourth-order valence-corrected chi connectivity index (χ4v) is 6.21. The second-order valence-electron chi connectivity index (χ2n) is 10.9. The molecule has 40 heavy (non-hydrogen) atoms. The molecular formula is C36H25N3O. The molecule has 0 amide bonds. The first kappa shape index (κ1) is 22.9. The van der Waals surface area contributed by atoms with Gasteiger partial charge in [0.1, 0.15) is 11.2 Å². The van der Waals surface area contributed by atoms with E-state index in [-0.39, 0.29) is 5.41 Å². The van der Waals surface area contributed by atoms with Gasteiger partial charge >= 0.3 is 0 Å². The Morgan fingerprint density at radius 1 is 0.500 bits per heavy atom. The van der Waals surface area contributed by atoms with Gasteiger partial charge in [-0.05, 0) is 40.5 Å². The number of furan rings is 1. The lowest BCUT2D eigenvalue weighted by Crippen LogP contribution is -2.17. The van der Waals surface area contributed by atoms with Crippen molar-refractivity contribution < 1.29 is 4.42 Å². The topological polar surface area (TPSA) is 51.8 Å². The van der Waals surface area contributed by atoms with Crippen molar-refractivity contribution in [1.29, 1.82) is 0 Å². The van der Waals surface area contributed by atoms with Crippen LogP contribution in [0.5, 0.6) is 0 Å². The van der Waals surface area contributed by atoms with Gasteiger partial charge in [-0.2, -0.15) is 0 Å². The zero-order valence-corrected chi connectivity index (χ0v) is 22.2. The Labute approximate surface area is 232 Å². The summed E-state index contributed by atoms with van der Waals surface area (Å²) in [6.45, 7) is 4.57. The normalized spacial score (nSPS) is 13.4. The summed E-state index contributed by atoms with van der Waals surface area (Å²) in [7, 11) is 0. The summed E-state index contributed by atoms with van der Waals surface area (Å²) in [4.78, 5) is 15.0. The van der Waals surface area contributed by atoms with E-state index in [1.54, 1.807) is 0 Å². The van der Waals surface area contributed by atoms with Crippen LogP contribution >= 0.6 is 0 Å². The van der Waals surface area contributed by atoms with Crippen LogP contribution < -0.4 is 0 Å². The SMILES string of the molecule is CC1(C)c2cc3oc4ccccc4c3cc2-c2cccc(-c3nc(-c4ccccc4)nc(-c4ccccc4)n3)c21. The lowest BCUT2D eigenvalue weighted by Gasteiger charge is -2.24. The second-order valence-corrected chi connectivity index (χ2v) is 10.9.